The number of anilines is 2. The molecule has 7 nitrogen and oxygen atoms in total. The summed E-state index contributed by atoms with van der Waals surface area (Å²) in [6, 6.07) is 5.96. The van der Waals surface area contributed by atoms with Gasteiger partial charge in [-0.1, -0.05) is 23.7 Å². The van der Waals surface area contributed by atoms with Crippen molar-refractivity contribution < 1.29 is 0 Å². The SMILES string of the molecule is CNc1ncc2c(n1)N1CCN=C1C(c1ccc(-c3cncc(C)n3)cc1Cl)=C2. The second-order valence-electron chi connectivity index (χ2n) is 6.88. The highest BCUT2D eigenvalue weighted by molar-refractivity contribution is 6.40. The molecule has 0 atom stereocenters. The normalized spacial score (nSPS) is 14.8. The van der Waals surface area contributed by atoms with Gasteiger partial charge in [-0.05, 0) is 19.1 Å². The van der Waals surface area contributed by atoms with Crippen LogP contribution < -0.4 is 10.2 Å². The Kier molecular flexibility index (Phi) is 4.24. The van der Waals surface area contributed by atoms with Crippen molar-refractivity contribution in [1.29, 1.82) is 0 Å². The molecule has 1 aromatic carbocycles. The molecular weight excluding hydrogens is 386 g/mol. The van der Waals surface area contributed by atoms with Gasteiger partial charge in [0, 0.05) is 53.3 Å². The van der Waals surface area contributed by atoms with E-state index in [9.17, 15) is 0 Å². The van der Waals surface area contributed by atoms with Gasteiger partial charge in [-0.15, -0.1) is 0 Å². The van der Waals surface area contributed by atoms with E-state index in [2.05, 4.69) is 36.2 Å². The molecule has 8 heteroatoms. The van der Waals surface area contributed by atoms with E-state index in [0.29, 0.717) is 11.0 Å². The molecule has 5 rings (SSSR count). The van der Waals surface area contributed by atoms with Crippen LogP contribution in [0.2, 0.25) is 5.02 Å². The van der Waals surface area contributed by atoms with Crippen LogP contribution in [0.1, 0.15) is 16.8 Å². The minimum Gasteiger partial charge on any atom is -0.357 e. The lowest BCUT2D eigenvalue weighted by Gasteiger charge is -2.27. The number of aliphatic imine (C=N–C) groups is 1. The first-order valence-electron chi connectivity index (χ1n) is 9.32. The largest absolute Gasteiger partial charge is 0.357 e. The van der Waals surface area contributed by atoms with Gasteiger partial charge in [0.1, 0.15) is 11.7 Å². The molecule has 0 unspecified atom stereocenters. The van der Waals surface area contributed by atoms with E-state index in [-0.39, 0.29) is 0 Å². The summed E-state index contributed by atoms with van der Waals surface area (Å²) in [6.07, 6.45) is 7.36. The highest BCUT2D eigenvalue weighted by atomic mass is 35.5. The van der Waals surface area contributed by atoms with Crippen LogP contribution in [-0.2, 0) is 0 Å². The van der Waals surface area contributed by atoms with E-state index < -0.39 is 0 Å². The van der Waals surface area contributed by atoms with E-state index in [1.54, 1.807) is 12.4 Å². The summed E-state index contributed by atoms with van der Waals surface area (Å²) in [5, 5.41) is 3.63. The van der Waals surface area contributed by atoms with Crippen molar-refractivity contribution in [2.24, 2.45) is 4.99 Å². The minimum absolute atomic E-state index is 0.591. The number of nitrogens with one attached hydrogen (secondary N) is 1. The molecule has 2 aliphatic rings. The van der Waals surface area contributed by atoms with Gasteiger partial charge < -0.3 is 10.2 Å². The molecule has 0 saturated carbocycles. The summed E-state index contributed by atoms with van der Waals surface area (Å²) in [4.78, 5) is 24.6. The van der Waals surface area contributed by atoms with Gasteiger partial charge in [0.25, 0.3) is 0 Å². The maximum absolute atomic E-state index is 6.71. The molecule has 0 radical (unpaired) electrons. The third kappa shape index (κ3) is 3.03. The van der Waals surface area contributed by atoms with Gasteiger partial charge in [0.05, 0.1) is 24.1 Å². The first kappa shape index (κ1) is 17.8. The minimum atomic E-state index is 0.591. The van der Waals surface area contributed by atoms with Crippen LogP contribution in [-0.4, -0.2) is 45.9 Å². The van der Waals surface area contributed by atoms with Gasteiger partial charge in [0.15, 0.2) is 0 Å². The number of amidine groups is 1. The van der Waals surface area contributed by atoms with Crippen LogP contribution in [0.5, 0.6) is 0 Å². The van der Waals surface area contributed by atoms with Gasteiger partial charge in [-0.2, -0.15) is 4.98 Å². The van der Waals surface area contributed by atoms with Crippen LogP contribution >= 0.6 is 11.6 Å². The zero-order valence-corrected chi connectivity index (χ0v) is 16.8. The third-order valence-electron chi connectivity index (χ3n) is 4.97. The van der Waals surface area contributed by atoms with Crippen molar-refractivity contribution in [1.82, 2.24) is 19.9 Å². The van der Waals surface area contributed by atoms with Crippen molar-refractivity contribution in [2.45, 2.75) is 6.92 Å². The summed E-state index contributed by atoms with van der Waals surface area (Å²) in [5.74, 6) is 2.35. The zero-order chi connectivity index (χ0) is 20.0. The molecule has 3 aromatic rings. The average Bonchev–Trinajstić information content (AvgIpc) is 3.23. The molecule has 29 heavy (non-hydrogen) atoms. The average molecular weight is 404 g/mol. The van der Waals surface area contributed by atoms with Crippen LogP contribution in [0, 0.1) is 6.92 Å². The second-order valence-corrected chi connectivity index (χ2v) is 7.29. The third-order valence-corrected chi connectivity index (χ3v) is 5.28. The number of rotatable bonds is 3. The Morgan fingerprint density at radius 3 is 2.83 bits per heavy atom. The Balaban J connectivity index is 1.60. The molecule has 0 aliphatic carbocycles. The van der Waals surface area contributed by atoms with Crippen molar-refractivity contribution >= 4 is 40.9 Å². The summed E-state index contributed by atoms with van der Waals surface area (Å²) in [6.45, 7) is 3.43. The summed E-state index contributed by atoms with van der Waals surface area (Å²) >= 11 is 6.71. The standard InChI is InChI=1S/C21H18ClN7/c1-12-9-24-11-18(27-12)13-3-4-15(17(22)8-13)16-7-14-10-26-21(23-2)28-19(14)29-6-5-25-20(16)29/h3-4,7-11H,5-6H2,1-2H3,(H,23,26,28). The first-order valence-corrected chi connectivity index (χ1v) is 9.69. The van der Waals surface area contributed by atoms with Gasteiger partial charge in [-0.25, -0.2) is 9.97 Å². The van der Waals surface area contributed by atoms with Crippen molar-refractivity contribution in [2.75, 3.05) is 30.4 Å². The fourth-order valence-corrected chi connectivity index (χ4v) is 3.90. The molecule has 0 saturated heterocycles. The number of benzene rings is 1. The lowest BCUT2D eigenvalue weighted by molar-refractivity contribution is 0.985. The van der Waals surface area contributed by atoms with E-state index in [0.717, 1.165) is 58.4 Å². The molecule has 0 bridgehead atoms. The Morgan fingerprint density at radius 1 is 1.14 bits per heavy atom. The van der Waals surface area contributed by atoms with Gasteiger partial charge in [-0.3, -0.25) is 9.98 Å². The molecule has 0 spiro atoms. The van der Waals surface area contributed by atoms with Gasteiger partial charge >= 0.3 is 0 Å². The monoisotopic (exact) mass is 403 g/mol. The number of nitrogens with zero attached hydrogens (tertiary/aromatic N) is 6. The maximum Gasteiger partial charge on any atom is 0.224 e. The molecule has 144 valence electrons. The van der Waals surface area contributed by atoms with E-state index in [1.807, 2.05) is 38.4 Å². The maximum atomic E-state index is 6.71. The Morgan fingerprint density at radius 2 is 2.03 bits per heavy atom. The predicted octanol–water partition coefficient (Wildman–Crippen LogP) is 3.71. The summed E-state index contributed by atoms with van der Waals surface area (Å²) in [5.41, 5.74) is 5.44. The summed E-state index contributed by atoms with van der Waals surface area (Å²) < 4.78 is 0. The first-order chi connectivity index (χ1) is 14.1. The molecule has 2 aliphatic heterocycles. The number of hydrogen-bond acceptors (Lipinski definition) is 7. The smallest absolute Gasteiger partial charge is 0.224 e. The fraction of sp³-hybridized carbons (Fsp3) is 0.190. The van der Waals surface area contributed by atoms with Crippen LogP contribution in [0.4, 0.5) is 11.8 Å². The van der Waals surface area contributed by atoms with E-state index in [1.165, 1.54) is 0 Å². The molecular formula is C21H18ClN7. The van der Waals surface area contributed by atoms with Crippen LogP contribution in [0.25, 0.3) is 22.9 Å². The molecule has 1 N–H and O–H groups in total. The topological polar surface area (TPSA) is 79.2 Å². The van der Waals surface area contributed by atoms with Crippen molar-refractivity contribution in [3.8, 4) is 11.3 Å². The Hall–Kier alpha value is -3.32. The highest BCUT2D eigenvalue weighted by Crippen LogP contribution is 2.38. The predicted molar refractivity (Wildman–Crippen MR) is 116 cm³/mol. The number of aryl methyl sites for hydroxylation is 1. The van der Waals surface area contributed by atoms with Crippen LogP contribution in [0.3, 0.4) is 0 Å². The Bertz CT molecular complexity index is 1190. The van der Waals surface area contributed by atoms with Crippen molar-refractivity contribution in [3.05, 3.63) is 58.6 Å². The fourth-order valence-electron chi connectivity index (χ4n) is 3.62. The van der Waals surface area contributed by atoms with Crippen LogP contribution in [0.15, 0.2) is 41.8 Å². The number of fused-ring (bicyclic) bond motifs is 3. The lowest BCUT2D eigenvalue weighted by Crippen LogP contribution is -2.32. The molecule has 0 amide bonds. The summed E-state index contributed by atoms with van der Waals surface area (Å²) in [7, 11) is 1.81. The van der Waals surface area contributed by atoms with E-state index in [4.69, 9.17) is 16.6 Å². The number of halogens is 1. The second kappa shape index (κ2) is 6.93. The Labute approximate surface area is 173 Å². The number of aromatic nitrogens is 4. The quantitative estimate of drug-likeness (QED) is 0.718. The van der Waals surface area contributed by atoms with Crippen molar-refractivity contribution in [3.63, 3.8) is 0 Å². The zero-order valence-electron chi connectivity index (χ0n) is 16.0. The molecule has 0 fully saturated rings. The van der Waals surface area contributed by atoms with Gasteiger partial charge in [0.2, 0.25) is 5.95 Å². The van der Waals surface area contributed by atoms with E-state index >= 15 is 0 Å². The molecule has 2 aromatic heterocycles. The number of hydrogen-bond donors (Lipinski definition) is 1. The molecule has 4 heterocycles. The lowest BCUT2D eigenvalue weighted by atomic mass is 9.97. The highest BCUT2D eigenvalue weighted by Gasteiger charge is 2.31.